The lowest BCUT2D eigenvalue weighted by Gasteiger charge is -2.41. The summed E-state index contributed by atoms with van der Waals surface area (Å²) < 4.78 is 16.8. The molecule has 1 heterocycles. The highest BCUT2D eigenvalue weighted by molar-refractivity contribution is 6.35. The Morgan fingerprint density at radius 2 is 1.92 bits per heavy atom. The summed E-state index contributed by atoms with van der Waals surface area (Å²) in [5, 5.41) is 10.5. The number of rotatable bonds is 2. The van der Waals surface area contributed by atoms with Gasteiger partial charge in [-0.05, 0) is 31.4 Å². The quantitative estimate of drug-likeness (QED) is 0.826. The fourth-order valence-corrected chi connectivity index (χ4v) is 4.03. The number of hydrogen-bond acceptors (Lipinski definition) is 5. The molecule has 1 spiro atoms. The molecule has 5 nitrogen and oxygen atoms in total. The number of carbonyl (C=O) groups excluding carboxylic acids is 1. The summed E-state index contributed by atoms with van der Waals surface area (Å²) in [7, 11) is 2.98. The predicted molar refractivity (Wildman–Crippen MR) is 90.4 cm³/mol. The summed E-state index contributed by atoms with van der Waals surface area (Å²) >= 11 is 6.39. The van der Waals surface area contributed by atoms with Crippen LogP contribution in [0.3, 0.4) is 0 Å². The molecule has 0 bridgehead atoms. The van der Waals surface area contributed by atoms with Gasteiger partial charge >= 0.3 is 0 Å². The number of carbonyl (C=O) groups is 1. The maximum absolute atomic E-state index is 13.4. The van der Waals surface area contributed by atoms with Gasteiger partial charge < -0.3 is 19.3 Å². The average Bonchev–Trinajstić information content (AvgIpc) is 2.88. The van der Waals surface area contributed by atoms with E-state index in [-0.39, 0.29) is 22.5 Å². The van der Waals surface area contributed by atoms with Crippen molar-refractivity contribution in [2.45, 2.75) is 38.9 Å². The highest BCUT2D eigenvalue weighted by atomic mass is 35.5. The highest BCUT2D eigenvalue weighted by Gasteiger charge is 2.58. The fraction of sp³-hybridized carbons (Fsp3) is 0.500. The number of ether oxygens (including phenoxy) is 3. The summed E-state index contributed by atoms with van der Waals surface area (Å²) in [6, 6.07) is 1.59. The van der Waals surface area contributed by atoms with Crippen LogP contribution in [0.1, 0.15) is 37.6 Å². The molecular weight excluding hydrogens is 332 g/mol. The van der Waals surface area contributed by atoms with E-state index in [1.807, 2.05) is 20.8 Å². The first-order chi connectivity index (χ1) is 11.3. The van der Waals surface area contributed by atoms with Crippen molar-refractivity contribution in [1.82, 2.24) is 0 Å². The average molecular weight is 353 g/mol. The van der Waals surface area contributed by atoms with Gasteiger partial charge in [-0.15, -0.1) is 0 Å². The first kappa shape index (κ1) is 17.1. The summed E-state index contributed by atoms with van der Waals surface area (Å²) in [4.78, 5) is 13.4. The molecule has 1 aromatic rings. The largest absolute Gasteiger partial charge is 0.496 e. The number of Topliss-reactive ketones (excluding diaryl/α,β-unsaturated/α-hetero) is 1. The lowest BCUT2D eigenvalue weighted by Crippen LogP contribution is -2.52. The topological polar surface area (TPSA) is 65.0 Å². The van der Waals surface area contributed by atoms with Gasteiger partial charge in [-0.1, -0.05) is 18.5 Å². The number of aliphatic hydroxyl groups is 1. The maximum Gasteiger partial charge on any atom is 0.218 e. The third-order valence-electron chi connectivity index (χ3n) is 5.34. The third kappa shape index (κ3) is 2.01. The van der Waals surface area contributed by atoms with Gasteiger partial charge in [0.1, 0.15) is 22.1 Å². The molecule has 0 unspecified atom stereocenters. The van der Waals surface area contributed by atoms with E-state index in [0.717, 1.165) is 11.1 Å². The number of halogens is 1. The van der Waals surface area contributed by atoms with Gasteiger partial charge in [0.15, 0.2) is 11.4 Å². The Labute approximate surface area is 146 Å². The van der Waals surface area contributed by atoms with Crippen LogP contribution < -0.4 is 14.2 Å². The Kier molecular flexibility index (Phi) is 4.04. The number of fused-ring (bicyclic) bond motifs is 1. The van der Waals surface area contributed by atoms with Gasteiger partial charge in [-0.25, -0.2) is 0 Å². The second-order valence-corrected chi connectivity index (χ2v) is 6.80. The van der Waals surface area contributed by atoms with Crippen molar-refractivity contribution < 1.29 is 24.1 Å². The van der Waals surface area contributed by atoms with Crippen molar-refractivity contribution in [1.29, 1.82) is 0 Å². The minimum absolute atomic E-state index is 0.185. The van der Waals surface area contributed by atoms with Gasteiger partial charge in [-0.3, -0.25) is 4.79 Å². The molecule has 0 aromatic heterocycles. The van der Waals surface area contributed by atoms with Crippen LogP contribution in [0.4, 0.5) is 0 Å². The van der Waals surface area contributed by atoms with Crippen LogP contribution in [0.15, 0.2) is 17.2 Å². The Balaban J connectivity index is 2.27. The summed E-state index contributed by atoms with van der Waals surface area (Å²) in [5.74, 6) is 0.655. The molecule has 0 radical (unpaired) electrons. The molecule has 3 rings (SSSR count). The van der Waals surface area contributed by atoms with Crippen molar-refractivity contribution in [3.05, 3.63) is 27.8 Å². The first-order valence-electron chi connectivity index (χ1n) is 7.83. The van der Waals surface area contributed by atoms with E-state index in [1.54, 1.807) is 6.07 Å². The van der Waals surface area contributed by atoms with Crippen LogP contribution >= 0.6 is 11.6 Å². The zero-order chi connectivity index (χ0) is 17.8. The normalized spacial score (nSPS) is 28.9. The van der Waals surface area contributed by atoms with Crippen LogP contribution in [0.2, 0.25) is 5.02 Å². The van der Waals surface area contributed by atoms with E-state index in [9.17, 15) is 9.90 Å². The highest BCUT2D eigenvalue weighted by Crippen LogP contribution is 2.55. The zero-order valence-electron chi connectivity index (χ0n) is 14.4. The molecule has 0 saturated heterocycles. The smallest absolute Gasteiger partial charge is 0.218 e. The molecule has 3 atom stereocenters. The van der Waals surface area contributed by atoms with Crippen LogP contribution in [-0.2, 0) is 0 Å². The Hall–Kier alpha value is -1.72. The minimum atomic E-state index is -1.16. The Morgan fingerprint density at radius 1 is 1.29 bits per heavy atom. The third-order valence-corrected chi connectivity index (χ3v) is 5.70. The van der Waals surface area contributed by atoms with Crippen LogP contribution in [0.25, 0.3) is 0 Å². The zero-order valence-corrected chi connectivity index (χ0v) is 15.2. The number of ketones is 1. The van der Waals surface area contributed by atoms with Crippen LogP contribution in [0.5, 0.6) is 17.2 Å². The van der Waals surface area contributed by atoms with E-state index in [4.69, 9.17) is 25.8 Å². The molecule has 0 fully saturated rings. The second kappa shape index (κ2) is 5.67. The van der Waals surface area contributed by atoms with E-state index in [1.165, 1.54) is 14.2 Å². The van der Waals surface area contributed by atoms with Gasteiger partial charge in [0.2, 0.25) is 5.78 Å². The molecule has 2 aliphatic rings. The van der Waals surface area contributed by atoms with Crippen molar-refractivity contribution in [2.24, 2.45) is 5.92 Å². The summed E-state index contributed by atoms with van der Waals surface area (Å²) in [6.07, 6.45) is -0.127. The number of benzene rings is 1. The maximum atomic E-state index is 13.4. The van der Waals surface area contributed by atoms with Gasteiger partial charge in [-0.2, -0.15) is 0 Å². The molecule has 1 aliphatic carbocycles. The molecule has 0 amide bonds. The first-order valence-corrected chi connectivity index (χ1v) is 8.21. The fourth-order valence-electron chi connectivity index (χ4n) is 3.76. The standard InChI is InChI=1S/C18H21ClO5/c1-8-6-11(20)9(2)10(3)18(8)17(21)14-12(22-4)7-13(23-5)15(19)16(14)24-18/h7-8,11,20H,6H2,1-5H3/t8-,11+,18+/m1/s1. The SMILES string of the molecule is COc1cc(OC)c2c(c1Cl)O[C@]1(C2=O)C(C)=C(C)[C@@H](O)C[C@H]1C. The van der Waals surface area contributed by atoms with Crippen molar-refractivity contribution in [3.63, 3.8) is 0 Å². The van der Waals surface area contributed by atoms with Crippen molar-refractivity contribution in [2.75, 3.05) is 14.2 Å². The monoisotopic (exact) mass is 352 g/mol. The second-order valence-electron chi connectivity index (χ2n) is 6.43. The number of hydrogen-bond donors (Lipinski definition) is 1. The molecular formula is C18H21ClO5. The van der Waals surface area contributed by atoms with Gasteiger partial charge in [0.25, 0.3) is 0 Å². The molecule has 0 saturated carbocycles. The number of aliphatic hydroxyl groups excluding tert-OH is 1. The molecule has 1 aromatic carbocycles. The lowest BCUT2D eigenvalue weighted by molar-refractivity contribution is 0.0264. The van der Waals surface area contributed by atoms with E-state index < -0.39 is 11.7 Å². The van der Waals surface area contributed by atoms with Crippen LogP contribution in [0, 0.1) is 5.92 Å². The Morgan fingerprint density at radius 3 is 2.50 bits per heavy atom. The lowest BCUT2D eigenvalue weighted by atomic mass is 9.69. The molecule has 24 heavy (non-hydrogen) atoms. The van der Waals surface area contributed by atoms with E-state index >= 15 is 0 Å². The van der Waals surface area contributed by atoms with Gasteiger partial charge in [0.05, 0.1) is 20.3 Å². The van der Waals surface area contributed by atoms with E-state index in [0.29, 0.717) is 23.5 Å². The van der Waals surface area contributed by atoms with E-state index in [2.05, 4.69) is 0 Å². The summed E-state index contributed by atoms with van der Waals surface area (Å²) in [6.45, 7) is 5.56. The van der Waals surface area contributed by atoms with Crippen molar-refractivity contribution in [3.8, 4) is 17.2 Å². The summed E-state index contributed by atoms with van der Waals surface area (Å²) in [5.41, 5.74) is 0.664. The molecule has 1 N–H and O–H groups in total. The molecule has 6 heteroatoms. The molecule has 1 aliphatic heterocycles. The molecule has 130 valence electrons. The minimum Gasteiger partial charge on any atom is -0.496 e. The Bertz CT molecular complexity index is 754. The van der Waals surface area contributed by atoms with Crippen LogP contribution in [-0.4, -0.2) is 36.8 Å². The number of methoxy groups -OCH3 is 2. The van der Waals surface area contributed by atoms with Crippen molar-refractivity contribution >= 4 is 17.4 Å². The van der Waals surface area contributed by atoms with Gasteiger partial charge in [0, 0.05) is 12.0 Å². The predicted octanol–water partition coefficient (Wildman–Crippen LogP) is 3.41.